The van der Waals surface area contributed by atoms with Crippen LogP contribution in [0.3, 0.4) is 0 Å². The quantitative estimate of drug-likeness (QED) is 0.801. The molecule has 3 heterocycles. The molecule has 1 spiro atoms. The Morgan fingerprint density at radius 3 is 2.72 bits per heavy atom. The lowest BCUT2D eigenvalue weighted by molar-refractivity contribution is 0.0439. The average molecular weight is 341 g/mol. The Hall–Kier alpha value is -2.50. The van der Waals surface area contributed by atoms with E-state index in [2.05, 4.69) is 0 Å². The maximum Gasteiger partial charge on any atom is 0.410 e. The fourth-order valence-corrected chi connectivity index (χ4v) is 4.11. The highest BCUT2D eigenvalue weighted by Gasteiger charge is 2.44. The van der Waals surface area contributed by atoms with Gasteiger partial charge in [-0.3, -0.25) is 4.79 Å². The Bertz CT molecular complexity index is 844. The molecule has 4 rings (SSSR count). The van der Waals surface area contributed by atoms with Gasteiger partial charge in [0.15, 0.2) is 0 Å². The molecule has 1 aromatic carbocycles. The first-order valence-corrected chi connectivity index (χ1v) is 8.77. The molecule has 2 amide bonds. The van der Waals surface area contributed by atoms with E-state index in [0.29, 0.717) is 26.1 Å². The predicted molar refractivity (Wildman–Crippen MR) is 94.5 cm³/mol. The SMILES string of the molecule is CN1C[C@]2(CCCN(C(=O)c3cn(C)c4ccccc34)CC2)OC1=O. The van der Waals surface area contributed by atoms with Gasteiger partial charge in [0.05, 0.1) is 12.1 Å². The van der Waals surface area contributed by atoms with Crippen LogP contribution in [-0.4, -0.2) is 58.7 Å². The minimum Gasteiger partial charge on any atom is -0.441 e. The lowest BCUT2D eigenvalue weighted by Gasteiger charge is -2.25. The summed E-state index contributed by atoms with van der Waals surface area (Å²) < 4.78 is 7.63. The Balaban J connectivity index is 1.56. The average Bonchev–Trinajstić information content (AvgIpc) is 2.98. The molecule has 6 heteroatoms. The van der Waals surface area contributed by atoms with E-state index >= 15 is 0 Å². The van der Waals surface area contributed by atoms with E-state index in [1.54, 1.807) is 11.9 Å². The van der Waals surface area contributed by atoms with Crippen LogP contribution >= 0.6 is 0 Å². The summed E-state index contributed by atoms with van der Waals surface area (Å²) in [6, 6.07) is 7.97. The summed E-state index contributed by atoms with van der Waals surface area (Å²) in [5.41, 5.74) is 1.37. The number of aryl methyl sites for hydroxylation is 1. The van der Waals surface area contributed by atoms with Crippen molar-refractivity contribution in [3.63, 3.8) is 0 Å². The van der Waals surface area contributed by atoms with Crippen molar-refractivity contribution in [2.45, 2.75) is 24.9 Å². The third-order valence-corrected chi connectivity index (χ3v) is 5.45. The predicted octanol–water partition coefficient (Wildman–Crippen LogP) is 2.63. The molecule has 2 aliphatic heterocycles. The number of likely N-dealkylation sites (N-methyl/N-ethyl adjacent to an activating group) is 1. The number of carbonyl (C=O) groups excluding carboxylic acids is 2. The molecular formula is C19H23N3O3. The normalized spacial score (nSPS) is 24.0. The second-order valence-electron chi connectivity index (χ2n) is 7.22. The number of nitrogens with zero attached hydrogens (tertiary/aromatic N) is 3. The van der Waals surface area contributed by atoms with E-state index in [-0.39, 0.29) is 12.0 Å². The van der Waals surface area contributed by atoms with Gasteiger partial charge in [0.25, 0.3) is 5.91 Å². The molecule has 0 aliphatic carbocycles. The van der Waals surface area contributed by atoms with Gasteiger partial charge in [-0.25, -0.2) is 4.79 Å². The monoisotopic (exact) mass is 341 g/mol. The van der Waals surface area contributed by atoms with Crippen molar-refractivity contribution < 1.29 is 14.3 Å². The fourth-order valence-electron chi connectivity index (χ4n) is 4.11. The minimum atomic E-state index is -0.431. The molecule has 132 valence electrons. The van der Waals surface area contributed by atoms with Crippen LogP contribution in [0, 0.1) is 0 Å². The molecule has 6 nitrogen and oxygen atoms in total. The maximum absolute atomic E-state index is 13.1. The van der Waals surface area contributed by atoms with E-state index in [1.807, 2.05) is 47.0 Å². The zero-order valence-electron chi connectivity index (χ0n) is 14.7. The maximum atomic E-state index is 13.1. The van der Waals surface area contributed by atoms with Gasteiger partial charge in [-0.15, -0.1) is 0 Å². The summed E-state index contributed by atoms with van der Waals surface area (Å²) in [6.45, 7) is 1.93. The highest BCUT2D eigenvalue weighted by molar-refractivity contribution is 6.07. The number of para-hydroxylation sites is 1. The summed E-state index contributed by atoms with van der Waals surface area (Å²) in [5.74, 6) is 0.0616. The van der Waals surface area contributed by atoms with Crippen LogP contribution in [0.15, 0.2) is 30.5 Å². The third-order valence-electron chi connectivity index (χ3n) is 5.45. The van der Waals surface area contributed by atoms with Gasteiger partial charge in [0.1, 0.15) is 5.60 Å². The highest BCUT2D eigenvalue weighted by atomic mass is 16.6. The fraction of sp³-hybridized carbons (Fsp3) is 0.474. The molecule has 25 heavy (non-hydrogen) atoms. The van der Waals surface area contributed by atoms with Crippen molar-refractivity contribution >= 4 is 22.9 Å². The van der Waals surface area contributed by atoms with E-state index in [1.165, 1.54) is 0 Å². The molecular weight excluding hydrogens is 318 g/mol. The highest BCUT2D eigenvalue weighted by Crippen LogP contribution is 2.33. The first-order valence-electron chi connectivity index (χ1n) is 8.77. The molecule has 1 atom stereocenters. The molecule has 0 unspecified atom stereocenters. The van der Waals surface area contributed by atoms with Gasteiger partial charge in [-0.1, -0.05) is 18.2 Å². The Morgan fingerprint density at radius 1 is 1.16 bits per heavy atom. The number of benzene rings is 1. The van der Waals surface area contributed by atoms with Crippen molar-refractivity contribution in [1.82, 2.24) is 14.4 Å². The number of aromatic nitrogens is 1. The lowest BCUT2D eigenvalue weighted by atomic mass is 9.95. The molecule has 0 bridgehead atoms. The zero-order valence-corrected chi connectivity index (χ0v) is 14.7. The van der Waals surface area contributed by atoms with Crippen molar-refractivity contribution in [3.05, 3.63) is 36.0 Å². The van der Waals surface area contributed by atoms with Crippen LogP contribution in [0.1, 0.15) is 29.6 Å². The minimum absolute atomic E-state index is 0.0616. The summed E-state index contributed by atoms with van der Waals surface area (Å²) in [6.07, 6.45) is 4.00. The standard InChI is InChI=1S/C19H23N3O3/c1-20-12-15(14-6-3-4-7-16(14)20)17(23)22-10-5-8-19(9-11-22)13-21(2)18(24)25-19/h3-4,6-7,12H,5,8-11,13H2,1-2H3/t19-/m1/s1. The van der Waals surface area contributed by atoms with Gasteiger partial charge in [-0.05, 0) is 18.9 Å². The van der Waals surface area contributed by atoms with Crippen molar-refractivity contribution in [1.29, 1.82) is 0 Å². The van der Waals surface area contributed by atoms with Gasteiger partial charge in [0, 0.05) is 50.7 Å². The molecule has 2 fully saturated rings. The Labute approximate surface area is 146 Å². The van der Waals surface area contributed by atoms with Gasteiger partial charge >= 0.3 is 6.09 Å². The molecule has 0 saturated carbocycles. The van der Waals surface area contributed by atoms with E-state index in [9.17, 15) is 9.59 Å². The number of rotatable bonds is 1. The Morgan fingerprint density at radius 2 is 1.96 bits per heavy atom. The summed E-state index contributed by atoms with van der Waals surface area (Å²) in [5, 5.41) is 0.987. The molecule has 2 aliphatic rings. The van der Waals surface area contributed by atoms with Crippen LogP contribution in [-0.2, 0) is 11.8 Å². The number of hydrogen-bond acceptors (Lipinski definition) is 3. The molecule has 2 aromatic rings. The molecule has 2 saturated heterocycles. The number of hydrogen-bond donors (Lipinski definition) is 0. The van der Waals surface area contributed by atoms with Crippen molar-refractivity contribution in [3.8, 4) is 0 Å². The van der Waals surface area contributed by atoms with Crippen LogP contribution < -0.4 is 0 Å². The summed E-state index contributed by atoms with van der Waals surface area (Å²) >= 11 is 0. The topological polar surface area (TPSA) is 54.8 Å². The second kappa shape index (κ2) is 5.79. The largest absolute Gasteiger partial charge is 0.441 e. The number of carbonyl (C=O) groups is 2. The van der Waals surface area contributed by atoms with Gasteiger partial charge in [-0.2, -0.15) is 0 Å². The molecule has 1 aromatic heterocycles. The van der Waals surface area contributed by atoms with E-state index in [0.717, 1.165) is 29.3 Å². The third kappa shape index (κ3) is 2.65. The van der Waals surface area contributed by atoms with Crippen LogP contribution in [0.4, 0.5) is 4.79 Å². The first kappa shape index (κ1) is 16.0. The first-order chi connectivity index (χ1) is 12.0. The van der Waals surface area contributed by atoms with E-state index < -0.39 is 5.60 Å². The second-order valence-corrected chi connectivity index (χ2v) is 7.22. The zero-order chi connectivity index (χ0) is 17.6. The number of fused-ring (bicyclic) bond motifs is 1. The molecule has 0 radical (unpaired) electrons. The number of ether oxygens (including phenoxy) is 1. The van der Waals surface area contributed by atoms with Crippen LogP contribution in [0.25, 0.3) is 10.9 Å². The van der Waals surface area contributed by atoms with Gasteiger partial charge in [0.2, 0.25) is 0 Å². The van der Waals surface area contributed by atoms with E-state index in [4.69, 9.17) is 4.74 Å². The Kier molecular flexibility index (Phi) is 3.71. The van der Waals surface area contributed by atoms with Crippen molar-refractivity contribution in [2.24, 2.45) is 7.05 Å². The number of likely N-dealkylation sites (tertiary alicyclic amines) is 1. The van der Waals surface area contributed by atoms with Gasteiger partial charge < -0.3 is 19.1 Å². The lowest BCUT2D eigenvalue weighted by Crippen LogP contribution is -2.36. The number of amides is 2. The van der Waals surface area contributed by atoms with Crippen molar-refractivity contribution in [2.75, 3.05) is 26.7 Å². The van der Waals surface area contributed by atoms with Crippen LogP contribution in [0.5, 0.6) is 0 Å². The summed E-state index contributed by atoms with van der Waals surface area (Å²) in [7, 11) is 3.73. The summed E-state index contributed by atoms with van der Waals surface area (Å²) in [4.78, 5) is 28.4. The smallest absolute Gasteiger partial charge is 0.410 e. The van der Waals surface area contributed by atoms with Crippen LogP contribution in [0.2, 0.25) is 0 Å². The molecule has 0 N–H and O–H groups in total.